The molecular formula is C16H19NO5. The summed E-state index contributed by atoms with van der Waals surface area (Å²) in [6.45, 7) is 7.54. The molecule has 118 valence electrons. The second kappa shape index (κ2) is 9.23. The van der Waals surface area contributed by atoms with E-state index in [9.17, 15) is 14.7 Å². The van der Waals surface area contributed by atoms with Crippen LogP contribution in [0.25, 0.3) is 0 Å². The first-order valence-corrected chi connectivity index (χ1v) is 6.69. The molecule has 0 atom stereocenters. The number of hydrogen-bond donors (Lipinski definition) is 1. The highest BCUT2D eigenvalue weighted by molar-refractivity contribution is 5.81. The summed E-state index contributed by atoms with van der Waals surface area (Å²) in [4.78, 5) is 23.9. The molecule has 0 aliphatic carbocycles. The van der Waals surface area contributed by atoms with Gasteiger partial charge < -0.3 is 19.5 Å². The molecule has 0 aliphatic heterocycles. The fourth-order valence-corrected chi connectivity index (χ4v) is 1.71. The predicted molar refractivity (Wildman–Crippen MR) is 82.6 cm³/mol. The van der Waals surface area contributed by atoms with Crippen molar-refractivity contribution in [3.63, 3.8) is 0 Å². The highest BCUT2D eigenvalue weighted by Crippen LogP contribution is 2.25. The number of carbonyl (C=O) groups is 2. The number of nitrogens with zero attached hydrogens (tertiary/aromatic N) is 1. The molecule has 0 saturated heterocycles. The van der Waals surface area contributed by atoms with Crippen molar-refractivity contribution < 1.29 is 24.2 Å². The predicted octanol–water partition coefficient (Wildman–Crippen LogP) is 1.66. The third kappa shape index (κ3) is 5.70. The maximum atomic E-state index is 11.1. The number of hydrogen-bond acceptors (Lipinski definition) is 6. The van der Waals surface area contributed by atoms with E-state index in [-0.39, 0.29) is 19.0 Å². The van der Waals surface area contributed by atoms with Crippen LogP contribution in [0.2, 0.25) is 0 Å². The van der Waals surface area contributed by atoms with Crippen LogP contribution < -0.4 is 4.90 Å². The van der Waals surface area contributed by atoms with Crippen LogP contribution >= 0.6 is 0 Å². The molecule has 0 aliphatic rings. The van der Waals surface area contributed by atoms with Crippen LogP contribution in [0, 0.1) is 0 Å². The Labute approximate surface area is 129 Å². The van der Waals surface area contributed by atoms with Crippen molar-refractivity contribution in [1.82, 2.24) is 0 Å². The molecule has 1 rings (SSSR count). The van der Waals surface area contributed by atoms with Crippen LogP contribution in [0.3, 0.4) is 0 Å². The quantitative estimate of drug-likeness (QED) is 0.552. The number of para-hydroxylation sites is 2. The number of benzene rings is 1. The summed E-state index contributed by atoms with van der Waals surface area (Å²) in [5, 5.41) is 9.90. The number of anilines is 1. The lowest BCUT2D eigenvalue weighted by molar-refractivity contribution is -0.137. The van der Waals surface area contributed by atoms with Crippen molar-refractivity contribution in [1.29, 1.82) is 0 Å². The van der Waals surface area contributed by atoms with Gasteiger partial charge in [0, 0.05) is 12.2 Å². The molecule has 6 heteroatoms. The zero-order valence-electron chi connectivity index (χ0n) is 12.2. The summed E-state index contributed by atoms with van der Waals surface area (Å²) in [6.07, 6.45) is 2.16. The normalized spacial score (nSPS) is 9.64. The number of carbonyl (C=O) groups excluding carboxylic acids is 2. The van der Waals surface area contributed by atoms with Gasteiger partial charge in [0.25, 0.3) is 0 Å². The first kappa shape index (κ1) is 17.3. The van der Waals surface area contributed by atoms with Gasteiger partial charge in [0.15, 0.2) is 0 Å². The molecule has 1 aromatic rings. The fourth-order valence-electron chi connectivity index (χ4n) is 1.71. The molecule has 0 saturated carbocycles. The van der Waals surface area contributed by atoms with Gasteiger partial charge in [-0.2, -0.15) is 0 Å². The van der Waals surface area contributed by atoms with Gasteiger partial charge in [-0.05, 0) is 12.1 Å². The Morgan fingerprint density at radius 2 is 1.55 bits per heavy atom. The average Bonchev–Trinajstić information content (AvgIpc) is 2.53. The number of ether oxygens (including phenoxy) is 2. The smallest absolute Gasteiger partial charge is 0.330 e. The minimum absolute atomic E-state index is 0.0904. The Morgan fingerprint density at radius 3 is 2.00 bits per heavy atom. The van der Waals surface area contributed by atoms with E-state index in [1.807, 2.05) is 0 Å². The molecule has 22 heavy (non-hydrogen) atoms. The number of phenols is 1. The van der Waals surface area contributed by atoms with E-state index in [0.717, 1.165) is 12.2 Å². The average molecular weight is 305 g/mol. The van der Waals surface area contributed by atoms with Crippen LogP contribution in [-0.4, -0.2) is 43.3 Å². The Hall–Kier alpha value is -2.76. The van der Waals surface area contributed by atoms with E-state index in [4.69, 9.17) is 9.47 Å². The van der Waals surface area contributed by atoms with Crippen LogP contribution in [0.1, 0.15) is 0 Å². The molecule has 0 heterocycles. The molecule has 0 radical (unpaired) electrons. The maximum Gasteiger partial charge on any atom is 0.330 e. The SMILES string of the molecule is C=CC(=O)OCCN(CCOC(=O)C=C)c1ccccc1O. The Morgan fingerprint density at radius 1 is 1.05 bits per heavy atom. The minimum Gasteiger partial charge on any atom is -0.506 e. The topological polar surface area (TPSA) is 76.1 Å². The van der Waals surface area contributed by atoms with Crippen LogP contribution in [0.4, 0.5) is 5.69 Å². The summed E-state index contributed by atoms with van der Waals surface area (Å²) in [5.41, 5.74) is 0.562. The molecule has 1 N–H and O–H groups in total. The largest absolute Gasteiger partial charge is 0.506 e. The monoisotopic (exact) mass is 305 g/mol. The second-order valence-electron chi connectivity index (χ2n) is 4.22. The van der Waals surface area contributed by atoms with Gasteiger partial charge in [0.2, 0.25) is 0 Å². The summed E-state index contributed by atoms with van der Waals surface area (Å²) < 4.78 is 9.85. The summed E-state index contributed by atoms with van der Waals surface area (Å²) in [6, 6.07) is 6.74. The third-order valence-corrected chi connectivity index (χ3v) is 2.77. The number of esters is 2. The van der Waals surface area contributed by atoms with Gasteiger partial charge in [-0.1, -0.05) is 25.3 Å². The van der Waals surface area contributed by atoms with Crippen LogP contribution in [0.15, 0.2) is 49.6 Å². The van der Waals surface area contributed by atoms with E-state index in [1.54, 1.807) is 29.2 Å². The molecular weight excluding hydrogens is 286 g/mol. The van der Waals surface area contributed by atoms with Gasteiger partial charge in [0.1, 0.15) is 19.0 Å². The number of aromatic hydroxyl groups is 1. The van der Waals surface area contributed by atoms with Crippen LogP contribution in [-0.2, 0) is 19.1 Å². The van der Waals surface area contributed by atoms with Crippen molar-refractivity contribution in [2.75, 3.05) is 31.2 Å². The maximum absolute atomic E-state index is 11.1. The van der Waals surface area contributed by atoms with Crippen molar-refractivity contribution in [3.8, 4) is 5.75 Å². The van der Waals surface area contributed by atoms with Crippen molar-refractivity contribution in [2.45, 2.75) is 0 Å². The molecule has 0 bridgehead atoms. The third-order valence-electron chi connectivity index (χ3n) is 2.77. The summed E-state index contributed by atoms with van der Waals surface area (Å²) in [7, 11) is 0. The Bertz CT molecular complexity index is 515. The molecule has 0 spiro atoms. The van der Waals surface area contributed by atoms with Gasteiger partial charge in [0.05, 0.1) is 18.8 Å². The van der Waals surface area contributed by atoms with E-state index < -0.39 is 11.9 Å². The Balaban J connectivity index is 2.66. The molecule has 1 aromatic carbocycles. The van der Waals surface area contributed by atoms with Crippen molar-refractivity contribution in [3.05, 3.63) is 49.6 Å². The second-order valence-corrected chi connectivity index (χ2v) is 4.22. The van der Waals surface area contributed by atoms with Gasteiger partial charge in [-0.25, -0.2) is 9.59 Å². The lowest BCUT2D eigenvalue weighted by atomic mass is 10.2. The molecule has 0 fully saturated rings. The zero-order valence-corrected chi connectivity index (χ0v) is 12.2. The standard InChI is InChI=1S/C16H19NO5/c1-3-15(19)21-11-9-17(10-12-22-16(20)4-2)13-7-5-6-8-14(13)18/h3-8,18H,1-2,9-12H2. The first-order chi connectivity index (χ1) is 10.6. The van der Waals surface area contributed by atoms with Gasteiger partial charge in [-0.3, -0.25) is 0 Å². The van der Waals surface area contributed by atoms with E-state index in [1.165, 1.54) is 0 Å². The zero-order chi connectivity index (χ0) is 16.4. The van der Waals surface area contributed by atoms with E-state index >= 15 is 0 Å². The number of rotatable bonds is 9. The molecule has 6 nitrogen and oxygen atoms in total. The lowest BCUT2D eigenvalue weighted by Crippen LogP contribution is -2.32. The molecule has 0 unspecified atom stereocenters. The summed E-state index contributed by atoms with van der Waals surface area (Å²) >= 11 is 0. The molecule has 0 aromatic heterocycles. The van der Waals surface area contributed by atoms with Crippen molar-refractivity contribution in [2.24, 2.45) is 0 Å². The fraction of sp³-hybridized carbons (Fsp3) is 0.250. The van der Waals surface area contributed by atoms with Crippen molar-refractivity contribution >= 4 is 17.6 Å². The summed E-state index contributed by atoms with van der Waals surface area (Å²) in [5.74, 6) is -0.946. The van der Waals surface area contributed by atoms with E-state index in [2.05, 4.69) is 13.2 Å². The molecule has 0 amide bonds. The Kier molecular flexibility index (Phi) is 7.25. The van der Waals surface area contributed by atoms with Gasteiger partial charge in [-0.15, -0.1) is 0 Å². The van der Waals surface area contributed by atoms with Gasteiger partial charge >= 0.3 is 11.9 Å². The minimum atomic E-state index is -0.518. The van der Waals surface area contributed by atoms with Crippen LogP contribution in [0.5, 0.6) is 5.75 Å². The lowest BCUT2D eigenvalue weighted by Gasteiger charge is -2.25. The number of phenolic OH excluding ortho intramolecular Hbond substituents is 1. The van der Waals surface area contributed by atoms with E-state index in [0.29, 0.717) is 18.8 Å². The first-order valence-electron chi connectivity index (χ1n) is 6.69. The highest BCUT2D eigenvalue weighted by Gasteiger charge is 2.12. The highest BCUT2D eigenvalue weighted by atomic mass is 16.5.